The van der Waals surface area contributed by atoms with E-state index in [4.69, 9.17) is 5.11 Å². The Morgan fingerprint density at radius 3 is 2.55 bits per heavy atom. The molecule has 20 heavy (non-hydrogen) atoms. The summed E-state index contributed by atoms with van der Waals surface area (Å²) in [5.74, 6) is -3.98. The molecule has 0 aromatic heterocycles. The average Bonchev–Trinajstić information content (AvgIpc) is 2.70. The van der Waals surface area contributed by atoms with Gasteiger partial charge in [-0.05, 0) is 24.6 Å². The number of hydrogen-bond acceptors (Lipinski definition) is 4. The van der Waals surface area contributed by atoms with E-state index in [1.165, 1.54) is 12.1 Å². The summed E-state index contributed by atoms with van der Waals surface area (Å²) in [6, 6.07) is 3.19. The van der Waals surface area contributed by atoms with Crippen molar-refractivity contribution >= 4 is 27.4 Å². The number of sulfone groups is 1. The van der Waals surface area contributed by atoms with Crippen LogP contribution in [0.15, 0.2) is 23.1 Å². The van der Waals surface area contributed by atoms with Crippen LogP contribution in [0.2, 0.25) is 0 Å². The van der Waals surface area contributed by atoms with Crippen LogP contribution in [0.3, 0.4) is 0 Å². The third-order valence-electron chi connectivity index (χ3n) is 3.14. The van der Waals surface area contributed by atoms with Gasteiger partial charge in [-0.25, -0.2) is 12.8 Å². The predicted octanol–water partition coefficient (Wildman–Crippen LogP) is 0.667. The molecule has 1 atom stereocenters. The molecule has 0 saturated carbocycles. The van der Waals surface area contributed by atoms with E-state index in [0.29, 0.717) is 0 Å². The van der Waals surface area contributed by atoms with E-state index in [0.717, 1.165) is 17.2 Å². The molecular weight excluding hydrogens is 289 g/mol. The first kappa shape index (κ1) is 14.4. The van der Waals surface area contributed by atoms with Gasteiger partial charge in [-0.3, -0.25) is 9.59 Å². The number of anilines is 1. The summed E-state index contributed by atoms with van der Waals surface area (Å²) in [4.78, 5) is 23.5. The van der Waals surface area contributed by atoms with Gasteiger partial charge < -0.3 is 10.0 Å². The van der Waals surface area contributed by atoms with Crippen molar-refractivity contribution in [2.24, 2.45) is 5.92 Å². The monoisotopic (exact) mass is 301 g/mol. The lowest BCUT2D eigenvalue weighted by molar-refractivity contribution is -0.144. The van der Waals surface area contributed by atoms with Gasteiger partial charge in [0, 0.05) is 12.8 Å². The number of carboxylic acid groups (broad SMARTS) is 1. The Morgan fingerprint density at radius 1 is 1.45 bits per heavy atom. The maximum Gasteiger partial charge on any atom is 0.316 e. The molecule has 1 amide bonds. The molecule has 1 N–H and O–H groups in total. The van der Waals surface area contributed by atoms with E-state index in [-0.39, 0.29) is 23.5 Å². The summed E-state index contributed by atoms with van der Waals surface area (Å²) in [5, 5.41) is 8.85. The molecule has 1 aromatic rings. The highest BCUT2D eigenvalue weighted by Gasteiger charge is 2.38. The predicted molar refractivity (Wildman–Crippen MR) is 67.6 cm³/mol. The van der Waals surface area contributed by atoms with Crippen molar-refractivity contribution in [3.63, 3.8) is 0 Å². The van der Waals surface area contributed by atoms with Crippen LogP contribution >= 0.6 is 0 Å². The maximum atomic E-state index is 13.9. The summed E-state index contributed by atoms with van der Waals surface area (Å²) < 4.78 is 36.5. The summed E-state index contributed by atoms with van der Waals surface area (Å²) in [7, 11) is -3.54. The Labute approximate surface area is 114 Å². The standard InChI is InChI=1S/C12H12FNO5S/c1-20(18,19)7-2-3-10(9(13)6-7)14-5-4-8(11(14)15)12(16)17/h2-3,6,8H,4-5H2,1H3,(H,16,17). The fourth-order valence-electron chi connectivity index (χ4n) is 2.09. The molecular formula is C12H12FNO5S. The number of halogens is 1. The lowest BCUT2D eigenvalue weighted by Crippen LogP contribution is -2.30. The highest BCUT2D eigenvalue weighted by atomic mass is 32.2. The van der Waals surface area contributed by atoms with Gasteiger partial charge in [-0.2, -0.15) is 0 Å². The SMILES string of the molecule is CS(=O)(=O)c1ccc(N2CCC(C(=O)O)C2=O)c(F)c1. The van der Waals surface area contributed by atoms with Crippen LogP contribution in [0.4, 0.5) is 10.1 Å². The zero-order valence-electron chi connectivity index (χ0n) is 10.5. The van der Waals surface area contributed by atoms with E-state index >= 15 is 0 Å². The molecule has 1 heterocycles. The van der Waals surface area contributed by atoms with Gasteiger partial charge in [-0.15, -0.1) is 0 Å². The van der Waals surface area contributed by atoms with E-state index in [9.17, 15) is 22.4 Å². The second-order valence-corrected chi connectivity index (χ2v) is 6.57. The molecule has 1 unspecified atom stereocenters. The summed E-state index contributed by atoms with van der Waals surface area (Å²) in [6.07, 6.45) is 1.05. The fourth-order valence-corrected chi connectivity index (χ4v) is 2.72. The van der Waals surface area contributed by atoms with E-state index < -0.39 is 33.4 Å². The summed E-state index contributed by atoms with van der Waals surface area (Å²) in [6.45, 7) is 0.0882. The number of carbonyl (C=O) groups excluding carboxylic acids is 1. The number of benzene rings is 1. The molecule has 1 aliphatic heterocycles. The first-order chi connectivity index (χ1) is 9.21. The molecule has 6 nitrogen and oxygen atoms in total. The van der Waals surface area contributed by atoms with Crippen molar-refractivity contribution < 1.29 is 27.5 Å². The van der Waals surface area contributed by atoms with Gasteiger partial charge >= 0.3 is 5.97 Å². The van der Waals surface area contributed by atoms with Crippen LogP contribution in [-0.2, 0) is 19.4 Å². The largest absolute Gasteiger partial charge is 0.481 e. The second-order valence-electron chi connectivity index (χ2n) is 4.55. The second kappa shape index (κ2) is 4.86. The number of carboxylic acids is 1. The Balaban J connectivity index is 2.36. The molecule has 0 bridgehead atoms. The van der Waals surface area contributed by atoms with E-state index in [1.54, 1.807) is 0 Å². The summed E-state index contributed by atoms with van der Waals surface area (Å²) >= 11 is 0. The molecule has 2 rings (SSSR count). The Morgan fingerprint density at radius 2 is 2.10 bits per heavy atom. The minimum Gasteiger partial charge on any atom is -0.481 e. The smallest absolute Gasteiger partial charge is 0.316 e. The third-order valence-corrected chi connectivity index (χ3v) is 4.25. The van der Waals surface area contributed by atoms with Gasteiger partial charge in [0.2, 0.25) is 5.91 Å². The first-order valence-electron chi connectivity index (χ1n) is 5.75. The topological polar surface area (TPSA) is 91.8 Å². The lowest BCUT2D eigenvalue weighted by Gasteiger charge is -2.17. The number of rotatable bonds is 3. The van der Waals surface area contributed by atoms with Crippen molar-refractivity contribution in [3.8, 4) is 0 Å². The number of hydrogen-bond donors (Lipinski definition) is 1. The quantitative estimate of drug-likeness (QED) is 0.828. The van der Waals surface area contributed by atoms with Gasteiger partial charge in [-0.1, -0.05) is 0 Å². The molecule has 0 aliphatic carbocycles. The van der Waals surface area contributed by atoms with E-state index in [1.807, 2.05) is 0 Å². The number of carbonyl (C=O) groups is 2. The number of amides is 1. The van der Waals surface area contributed by atoms with Gasteiger partial charge in [0.1, 0.15) is 11.7 Å². The lowest BCUT2D eigenvalue weighted by atomic mass is 10.1. The maximum absolute atomic E-state index is 13.9. The fraction of sp³-hybridized carbons (Fsp3) is 0.333. The van der Waals surface area contributed by atoms with Crippen molar-refractivity contribution in [2.45, 2.75) is 11.3 Å². The average molecular weight is 301 g/mol. The van der Waals surface area contributed by atoms with Crippen LogP contribution in [0.5, 0.6) is 0 Å². The number of aliphatic carboxylic acids is 1. The highest BCUT2D eigenvalue weighted by Crippen LogP contribution is 2.29. The molecule has 8 heteroatoms. The zero-order chi connectivity index (χ0) is 15.1. The Hall–Kier alpha value is -1.96. The molecule has 1 saturated heterocycles. The number of nitrogens with zero attached hydrogens (tertiary/aromatic N) is 1. The molecule has 108 valence electrons. The molecule has 1 aromatic carbocycles. The van der Waals surface area contributed by atoms with Crippen LogP contribution in [0.25, 0.3) is 0 Å². The van der Waals surface area contributed by atoms with Gasteiger partial charge in [0.05, 0.1) is 10.6 Å². The van der Waals surface area contributed by atoms with Crippen LogP contribution < -0.4 is 4.90 Å². The van der Waals surface area contributed by atoms with Gasteiger partial charge in [0.25, 0.3) is 0 Å². The van der Waals surface area contributed by atoms with Crippen molar-refractivity contribution in [1.82, 2.24) is 0 Å². The minimum atomic E-state index is -3.54. The van der Waals surface area contributed by atoms with E-state index in [2.05, 4.69) is 0 Å². The zero-order valence-corrected chi connectivity index (χ0v) is 11.4. The van der Waals surface area contributed by atoms with Gasteiger partial charge in [0.15, 0.2) is 9.84 Å². The minimum absolute atomic E-state index is 0.0882. The normalized spacial score (nSPS) is 19.4. The van der Waals surface area contributed by atoms with Crippen LogP contribution in [0, 0.1) is 11.7 Å². The molecule has 1 aliphatic rings. The summed E-state index contributed by atoms with van der Waals surface area (Å²) in [5.41, 5.74) is -0.105. The highest BCUT2D eigenvalue weighted by molar-refractivity contribution is 7.90. The Kier molecular flexibility index (Phi) is 3.51. The Bertz CT molecular complexity index is 685. The molecule has 1 fully saturated rings. The van der Waals surface area contributed by atoms with Crippen molar-refractivity contribution in [2.75, 3.05) is 17.7 Å². The first-order valence-corrected chi connectivity index (χ1v) is 7.65. The van der Waals surface area contributed by atoms with Crippen LogP contribution in [0.1, 0.15) is 6.42 Å². The van der Waals surface area contributed by atoms with Crippen LogP contribution in [-0.4, -0.2) is 38.2 Å². The van der Waals surface area contributed by atoms with Crippen molar-refractivity contribution in [3.05, 3.63) is 24.0 Å². The van der Waals surface area contributed by atoms with Crippen molar-refractivity contribution in [1.29, 1.82) is 0 Å². The molecule has 0 radical (unpaired) electrons. The third kappa shape index (κ3) is 2.51. The molecule has 0 spiro atoms.